The van der Waals surface area contributed by atoms with Gasteiger partial charge in [-0.1, -0.05) is 12.1 Å². The fourth-order valence-electron chi connectivity index (χ4n) is 2.25. The van der Waals surface area contributed by atoms with Crippen LogP contribution in [0.2, 0.25) is 0 Å². The Hall–Kier alpha value is -1.59. The summed E-state index contributed by atoms with van der Waals surface area (Å²) >= 11 is 0. The number of ether oxygens (including phenoxy) is 2. The van der Waals surface area contributed by atoms with Crippen molar-refractivity contribution in [1.29, 1.82) is 0 Å². The van der Waals surface area contributed by atoms with Crippen LogP contribution in [-0.2, 0) is 0 Å². The van der Waals surface area contributed by atoms with Crippen molar-refractivity contribution in [2.75, 3.05) is 20.2 Å². The van der Waals surface area contributed by atoms with Gasteiger partial charge in [-0.25, -0.2) is 9.97 Å². The lowest BCUT2D eigenvalue weighted by Gasteiger charge is -2.23. The summed E-state index contributed by atoms with van der Waals surface area (Å²) in [6.07, 6.45) is 2.15. The first-order valence-electron chi connectivity index (χ1n) is 6.55. The molecule has 5 nitrogen and oxygen atoms in total. The van der Waals surface area contributed by atoms with E-state index in [2.05, 4.69) is 15.3 Å². The van der Waals surface area contributed by atoms with E-state index < -0.39 is 0 Å². The lowest BCUT2D eigenvalue weighted by molar-refractivity contribution is 0.149. The normalized spacial score (nSPS) is 15.7. The van der Waals surface area contributed by atoms with Gasteiger partial charge in [0, 0.05) is 0 Å². The first-order chi connectivity index (χ1) is 9.36. The van der Waals surface area contributed by atoms with Crippen molar-refractivity contribution in [2.45, 2.75) is 18.9 Å². The van der Waals surface area contributed by atoms with E-state index >= 15 is 0 Å². The molecule has 3 rings (SSSR count). The topological polar surface area (TPSA) is 56.3 Å². The molecule has 1 saturated heterocycles. The SMILES string of the molecule is COc1nc2ccccc2nc1OC1CCNCC1.Cl. The van der Waals surface area contributed by atoms with E-state index in [-0.39, 0.29) is 18.5 Å². The molecular formula is C14H18ClN3O2. The molecule has 1 fully saturated rings. The first-order valence-corrected chi connectivity index (χ1v) is 6.55. The number of piperidine rings is 1. The molecule has 0 atom stereocenters. The monoisotopic (exact) mass is 295 g/mol. The summed E-state index contributed by atoms with van der Waals surface area (Å²) in [5.74, 6) is 0.949. The van der Waals surface area contributed by atoms with E-state index in [1.165, 1.54) is 0 Å². The molecule has 0 aliphatic carbocycles. The van der Waals surface area contributed by atoms with Gasteiger partial charge in [-0.2, -0.15) is 0 Å². The van der Waals surface area contributed by atoms with Crippen LogP contribution in [0.3, 0.4) is 0 Å². The minimum absolute atomic E-state index is 0. The number of fused-ring (bicyclic) bond motifs is 1. The maximum absolute atomic E-state index is 5.95. The molecule has 0 saturated carbocycles. The molecule has 1 N–H and O–H groups in total. The number of nitrogens with zero attached hydrogens (tertiary/aromatic N) is 2. The van der Waals surface area contributed by atoms with Crippen LogP contribution in [0.25, 0.3) is 11.0 Å². The Kier molecular flexibility index (Phi) is 4.98. The van der Waals surface area contributed by atoms with E-state index in [1.54, 1.807) is 7.11 Å². The van der Waals surface area contributed by atoms with Crippen molar-refractivity contribution in [3.05, 3.63) is 24.3 Å². The minimum atomic E-state index is 0. The summed E-state index contributed by atoms with van der Waals surface area (Å²) in [4.78, 5) is 8.94. The molecule has 1 aromatic heterocycles. The average molecular weight is 296 g/mol. The van der Waals surface area contributed by atoms with E-state index in [4.69, 9.17) is 9.47 Å². The first kappa shape index (κ1) is 14.8. The number of nitrogens with one attached hydrogen (secondary N) is 1. The smallest absolute Gasteiger partial charge is 0.278 e. The fraction of sp³-hybridized carbons (Fsp3) is 0.429. The van der Waals surface area contributed by atoms with E-state index in [9.17, 15) is 0 Å². The second kappa shape index (κ2) is 6.72. The van der Waals surface area contributed by atoms with Gasteiger partial charge in [-0.15, -0.1) is 12.4 Å². The Morgan fingerprint density at radius 3 is 2.25 bits per heavy atom. The molecule has 2 heterocycles. The predicted octanol–water partition coefficient (Wildman–Crippen LogP) is 2.19. The summed E-state index contributed by atoms with van der Waals surface area (Å²) < 4.78 is 11.2. The minimum Gasteiger partial charge on any atom is -0.477 e. The van der Waals surface area contributed by atoms with Crippen molar-refractivity contribution in [3.63, 3.8) is 0 Å². The van der Waals surface area contributed by atoms with Crippen LogP contribution < -0.4 is 14.8 Å². The number of benzene rings is 1. The van der Waals surface area contributed by atoms with Gasteiger partial charge in [0.05, 0.1) is 18.1 Å². The highest BCUT2D eigenvalue weighted by atomic mass is 35.5. The number of aromatic nitrogens is 2. The van der Waals surface area contributed by atoms with E-state index in [0.29, 0.717) is 11.8 Å². The molecule has 1 aromatic carbocycles. The maximum atomic E-state index is 5.95. The van der Waals surface area contributed by atoms with Gasteiger partial charge in [-0.3, -0.25) is 0 Å². The van der Waals surface area contributed by atoms with E-state index in [1.807, 2.05) is 24.3 Å². The largest absolute Gasteiger partial charge is 0.477 e. The average Bonchev–Trinajstić information content (AvgIpc) is 2.47. The van der Waals surface area contributed by atoms with Gasteiger partial charge >= 0.3 is 0 Å². The second-order valence-corrected chi connectivity index (χ2v) is 4.59. The summed E-state index contributed by atoms with van der Waals surface area (Å²) in [5, 5.41) is 3.31. The molecule has 108 valence electrons. The van der Waals surface area contributed by atoms with Crippen LogP contribution in [0.5, 0.6) is 11.8 Å². The van der Waals surface area contributed by atoms with Crippen molar-refractivity contribution in [1.82, 2.24) is 15.3 Å². The number of hydrogen-bond acceptors (Lipinski definition) is 5. The summed E-state index contributed by atoms with van der Waals surface area (Å²) in [6.45, 7) is 1.96. The highest BCUT2D eigenvalue weighted by molar-refractivity contribution is 5.85. The number of para-hydroxylation sites is 2. The molecule has 1 aliphatic heterocycles. The van der Waals surface area contributed by atoms with Crippen molar-refractivity contribution < 1.29 is 9.47 Å². The zero-order valence-electron chi connectivity index (χ0n) is 11.3. The predicted molar refractivity (Wildman–Crippen MR) is 79.9 cm³/mol. The third kappa shape index (κ3) is 3.11. The van der Waals surface area contributed by atoms with Gasteiger partial charge in [-0.05, 0) is 38.1 Å². The standard InChI is InChI=1S/C14H17N3O2.ClH/c1-18-13-14(19-10-6-8-15-9-7-10)17-12-5-3-2-4-11(12)16-13;/h2-5,10,15H,6-9H2,1H3;1H. The van der Waals surface area contributed by atoms with Crippen molar-refractivity contribution in [3.8, 4) is 11.8 Å². The van der Waals surface area contributed by atoms with Gasteiger partial charge in [0.1, 0.15) is 6.10 Å². The highest BCUT2D eigenvalue weighted by Crippen LogP contribution is 2.27. The molecule has 2 aromatic rings. The Morgan fingerprint density at radius 2 is 1.65 bits per heavy atom. The summed E-state index contributed by atoms with van der Waals surface area (Å²) in [5.41, 5.74) is 1.64. The zero-order valence-corrected chi connectivity index (χ0v) is 12.2. The van der Waals surface area contributed by atoms with Crippen molar-refractivity contribution in [2.24, 2.45) is 0 Å². The molecule has 1 aliphatic rings. The van der Waals surface area contributed by atoms with Crippen LogP contribution >= 0.6 is 12.4 Å². The van der Waals surface area contributed by atoms with Crippen molar-refractivity contribution >= 4 is 23.4 Å². The molecule has 0 unspecified atom stereocenters. The van der Waals surface area contributed by atoms with Gasteiger partial charge in [0.2, 0.25) is 0 Å². The Balaban J connectivity index is 0.00000147. The number of rotatable bonds is 3. The molecule has 6 heteroatoms. The summed E-state index contributed by atoms with van der Waals surface area (Å²) in [6, 6.07) is 7.72. The van der Waals surface area contributed by atoms with Crippen LogP contribution in [0, 0.1) is 0 Å². The second-order valence-electron chi connectivity index (χ2n) is 4.59. The molecular weight excluding hydrogens is 278 g/mol. The Morgan fingerprint density at radius 1 is 1.05 bits per heavy atom. The molecule has 20 heavy (non-hydrogen) atoms. The molecule has 0 bridgehead atoms. The third-order valence-electron chi connectivity index (χ3n) is 3.27. The molecule has 0 spiro atoms. The zero-order chi connectivity index (χ0) is 13.1. The van der Waals surface area contributed by atoms with Crippen LogP contribution in [0.15, 0.2) is 24.3 Å². The Bertz CT molecular complexity index is 573. The van der Waals surface area contributed by atoms with Gasteiger partial charge < -0.3 is 14.8 Å². The lowest BCUT2D eigenvalue weighted by Crippen LogP contribution is -2.34. The third-order valence-corrected chi connectivity index (χ3v) is 3.27. The number of methoxy groups -OCH3 is 1. The van der Waals surface area contributed by atoms with E-state index in [0.717, 1.165) is 37.0 Å². The molecule has 0 radical (unpaired) electrons. The highest BCUT2D eigenvalue weighted by Gasteiger charge is 2.19. The lowest BCUT2D eigenvalue weighted by atomic mass is 10.1. The van der Waals surface area contributed by atoms with Crippen LogP contribution in [0.1, 0.15) is 12.8 Å². The fourth-order valence-corrected chi connectivity index (χ4v) is 2.25. The Labute approximate surface area is 124 Å². The maximum Gasteiger partial charge on any atom is 0.278 e. The molecule has 0 amide bonds. The van der Waals surface area contributed by atoms with Gasteiger partial charge in [0.15, 0.2) is 0 Å². The van der Waals surface area contributed by atoms with Crippen LogP contribution in [-0.4, -0.2) is 36.3 Å². The summed E-state index contributed by atoms with van der Waals surface area (Å²) in [7, 11) is 1.59. The number of halogens is 1. The van der Waals surface area contributed by atoms with Crippen LogP contribution in [0.4, 0.5) is 0 Å². The number of hydrogen-bond donors (Lipinski definition) is 1. The quantitative estimate of drug-likeness (QED) is 0.941. The van der Waals surface area contributed by atoms with Gasteiger partial charge in [0.25, 0.3) is 11.8 Å².